The van der Waals surface area contributed by atoms with Crippen LogP contribution < -0.4 is 0 Å². The Bertz CT molecular complexity index is 385. The fourth-order valence-electron chi connectivity index (χ4n) is 4.48. The highest BCUT2D eigenvalue weighted by Crippen LogP contribution is 2.34. The smallest absolute Gasteiger partial charge is 0.309 e. The predicted molar refractivity (Wildman–Crippen MR) is 105 cm³/mol. The van der Waals surface area contributed by atoms with Crippen LogP contribution in [-0.4, -0.2) is 12.1 Å². The molecule has 2 aliphatic carbocycles. The van der Waals surface area contributed by atoms with Crippen molar-refractivity contribution in [3.05, 3.63) is 12.2 Å². The average molecular weight is 349 g/mol. The molecule has 0 saturated heterocycles. The van der Waals surface area contributed by atoms with E-state index in [0.717, 1.165) is 31.6 Å². The summed E-state index contributed by atoms with van der Waals surface area (Å²) >= 11 is 0. The van der Waals surface area contributed by atoms with Gasteiger partial charge >= 0.3 is 5.97 Å². The molecule has 0 amide bonds. The van der Waals surface area contributed by atoms with Crippen LogP contribution >= 0.6 is 0 Å². The van der Waals surface area contributed by atoms with E-state index in [0.29, 0.717) is 5.92 Å². The number of carbonyl (C=O) groups is 1. The zero-order valence-corrected chi connectivity index (χ0v) is 16.7. The first kappa shape index (κ1) is 20.5. The van der Waals surface area contributed by atoms with Crippen LogP contribution in [-0.2, 0) is 9.53 Å². The molecule has 0 heterocycles. The fourth-order valence-corrected chi connectivity index (χ4v) is 4.48. The van der Waals surface area contributed by atoms with Gasteiger partial charge in [-0.15, -0.1) is 0 Å². The number of ether oxygens (including phenoxy) is 1. The van der Waals surface area contributed by atoms with Crippen molar-refractivity contribution in [3.8, 4) is 0 Å². The van der Waals surface area contributed by atoms with E-state index in [9.17, 15) is 4.79 Å². The molecule has 2 fully saturated rings. The number of hydrogen-bond acceptors (Lipinski definition) is 2. The minimum Gasteiger partial charge on any atom is -0.462 e. The van der Waals surface area contributed by atoms with Crippen LogP contribution in [0.1, 0.15) is 104 Å². The van der Waals surface area contributed by atoms with E-state index in [1.807, 2.05) is 0 Å². The third-order valence-corrected chi connectivity index (χ3v) is 6.26. The predicted octanol–water partition coefficient (Wildman–Crippen LogP) is 6.83. The second-order valence-electron chi connectivity index (χ2n) is 8.40. The Labute approximate surface area is 155 Å². The van der Waals surface area contributed by atoms with Crippen molar-refractivity contribution in [2.45, 2.75) is 110 Å². The second-order valence-corrected chi connectivity index (χ2v) is 8.40. The molecule has 0 radical (unpaired) electrons. The molecule has 0 N–H and O–H groups in total. The highest BCUT2D eigenvalue weighted by atomic mass is 16.5. The molecule has 2 nitrogen and oxygen atoms in total. The summed E-state index contributed by atoms with van der Waals surface area (Å²) in [5.74, 6) is 1.86. The maximum absolute atomic E-state index is 12.5. The van der Waals surface area contributed by atoms with Crippen LogP contribution in [0.15, 0.2) is 12.2 Å². The number of carbonyl (C=O) groups excluding carboxylic acids is 1. The minimum absolute atomic E-state index is 0.108. The van der Waals surface area contributed by atoms with Crippen LogP contribution in [0.4, 0.5) is 0 Å². The van der Waals surface area contributed by atoms with Gasteiger partial charge < -0.3 is 4.74 Å². The molecule has 0 spiro atoms. The lowest BCUT2D eigenvalue weighted by atomic mass is 9.79. The summed E-state index contributed by atoms with van der Waals surface area (Å²) < 4.78 is 5.88. The van der Waals surface area contributed by atoms with E-state index >= 15 is 0 Å². The lowest BCUT2D eigenvalue weighted by Crippen LogP contribution is -2.30. The second kappa shape index (κ2) is 11.8. The number of unbranched alkanes of at least 4 members (excludes halogenated alkanes) is 3. The number of allylic oxidation sites excluding steroid dienone is 2. The van der Waals surface area contributed by atoms with Gasteiger partial charge in [0, 0.05) is 0 Å². The van der Waals surface area contributed by atoms with Gasteiger partial charge in [-0.1, -0.05) is 58.1 Å². The first-order valence-electron chi connectivity index (χ1n) is 11.1. The van der Waals surface area contributed by atoms with E-state index in [2.05, 4.69) is 26.0 Å². The van der Waals surface area contributed by atoms with Crippen molar-refractivity contribution in [2.75, 3.05) is 0 Å². The summed E-state index contributed by atoms with van der Waals surface area (Å²) in [5.41, 5.74) is 0. The summed E-state index contributed by atoms with van der Waals surface area (Å²) in [6.45, 7) is 4.49. The Balaban J connectivity index is 1.61. The quantitative estimate of drug-likeness (QED) is 0.259. The van der Waals surface area contributed by atoms with Crippen LogP contribution in [0.2, 0.25) is 0 Å². The van der Waals surface area contributed by atoms with E-state index in [4.69, 9.17) is 4.74 Å². The fraction of sp³-hybridized carbons (Fsp3) is 0.870. The monoisotopic (exact) mass is 348 g/mol. The molecule has 25 heavy (non-hydrogen) atoms. The number of rotatable bonds is 9. The molecular formula is C23H40O2. The number of hydrogen-bond donors (Lipinski definition) is 0. The van der Waals surface area contributed by atoms with Crippen molar-refractivity contribution in [1.29, 1.82) is 0 Å². The van der Waals surface area contributed by atoms with Crippen LogP contribution in [0.25, 0.3) is 0 Å². The average Bonchev–Trinajstić information content (AvgIpc) is 2.64. The Kier molecular flexibility index (Phi) is 9.65. The van der Waals surface area contributed by atoms with Crippen molar-refractivity contribution in [2.24, 2.45) is 17.8 Å². The third kappa shape index (κ3) is 7.54. The molecule has 2 aliphatic rings. The Morgan fingerprint density at radius 2 is 1.64 bits per heavy atom. The largest absolute Gasteiger partial charge is 0.462 e. The molecule has 0 aromatic heterocycles. The van der Waals surface area contributed by atoms with E-state index in [-0.39, 0.29) is 18.0 Å². The van der Waals surface area contributed by atoms with Gasteiger partial charge in [-0.25, -0.2) is 0 Å². The molecule has 0 bridgehead atoms. The molecular weight excluding hydrogens is 308 g/mol. The molecule has 2 rings (SSSR count). The molecule has 0 aliphatic heterocycles. The summed E-state index contributed by atoms with van der Waals surface area (Å²) in [5, 5.41) is 0. The van der Waals surface area contributed by atoms with E-state index in [1.165, 1.54) is 64.2 Å². The van der Waals surface area contributed by atoms with Gasteiger partial charge in [0.2, 0.25) is 0 Å². The normalized spacial score (nSPS) is 30.5. The Hall–Kier alpha value is -0.790. The van der Waals surface area contributed by atoms with Crippen molar-refractivity contribution in [1.82, 2.24) is 0 Å². The standard InChI is InChI=1S/C23H40O2/c1-3-5-7-9-19-11-15-21(16-12-19)23(24)25-22-17-13-20(14-18-22)10-8-6-4-2/h8,10,19-22H,3-7,9,11-18H2,1-2H3/b10-8+/t19-,20-,21-,22-. The zero-order valence-electron chi connectivity index (χ0n) is 16.7. The van der Waals surface area contributed by atoms with Crippen LogP contribution in [0.3, 0.4) is 0 Å². The van der Waals surface area contributed by atoms with Crippen LogP contribution in [0.5, 0.6) is 0 Å². The van der Waals surface area contributed by atoms with Gasteiger partial charge in [0.15, 0.2) is 0 Å². The molecule has 2 heteroatoms. The lowest BCUT2D eigenvalue weighted by Gasteiger charge is -2.31. The Morgan fingerprint density at radius 1 is 0.920 bits per heavy atom. The Morgan fingerprint density at radius 3 is 2.28 bits per heavy atom. The summed E-state index contributed by atoms with van der Waals surface area (Å²) in [6, 6.07) is 0. The van der Waals surface area contributed by atoms with Gasteiger partial charge in [-0.2, -0.15) is 0 Å². The third-order valence-electron chi connectivity index (χ3n) is 6.26. The summed E-state index contributed by atoms with van der Waals surface area (Å²) in [7, 11) is 0. The van der Waals surface area contributed by atoms with Crippen molar-refractivity contribution < 1.29 is 9.53 Å². The van der Waals surface area contributed by atoms with Gasteiger partial charge in [-0.05, 0) is 69.6 Å². The minimum atomic E-state index is 0.108. The first-order valence-corrected chi connectivity index (χ1v) is 11.1. The molecule has 0 atom stereocenters. The first-order chi connectivity index (χ1) is 12.2. The lowest BCUT2D eigenvalue weighted by molar-refractivity contribution is -0.157. The molecule has 0 aromatic rings. The van der Waals surface area contributed by atoms with Gasteiger partial charge in [0.25, 0.3) is 0 Å². The molecule has 0 unspecified atom stereocenters. The summed E-state index contributed by atoms with van der Waals surface area (Å²) in [4.78, 5) is 12.5. The van der Waals surface area contributed by atoms with Crippen LogP contribution in [0, 0.1) is 17.8 Å². The topological polar surface area (TPSA) is 26.3 Å². The van der Waals surface area contributed by atoms with Gasteiger partial charge in [0.1, 0.15) is 6.10 Å². The molecule has 0 aromatic carbocycles. The van der Waals surface area contributed by atoms with Crippen molar-refractivity contribution in [3.63, 3.8) is 0 Å². The SMILES string of the molecule is CCC/C=C/[C@H]1CC[C@H](OC(=O)[C@H]2CC[C@H](CCCCC)CC2)CC1. The zero-order chi connectivity index (χ0) is 17.9. The summed E-state index contributed by atoms with van der Waals surface area (Å²) in [6.07, 6.45) is 21.8. The van der Waals surface area contributed by atoms with Gasteiger partial charge in [-0.3, -0.25) is 4.79 Å². The maximum atomic E-state index is 12.5. The van der Waals surface area contributed by atoms with Gasteiger partial charge in [0.05, 0.1) is 5.92 Å². The molecule has 2 saturated carbocycles. The van der Waals surface area contributed by atoms with E-state index in [1.54, 1.807) is 0 Å². The number of esters is 1. The van der Waals surface area contributed by atoms with Crippen molar-refractivity contribution >= 4 is 5.97 Å². The highest BCUT2D eigenvalue weighted by Gasteiger charge is 2.30. The maximum Gasteiger partial charge on any atom is 0.309 e. The highest BCUT2D eigenvalue weighted by molar-refractivity contribution is 5.72. The van der Waals surface area contributed by atoms with E-state index < -0.39 is 0 Å². The molecule has 144 valence electrons.